The van der Waals surface area contributed by atoms with Gasteiger partial charge in [0.2, 0.25) is 9.84 Å². The number of carbonyl (C=O) groups excluding carboxylic acids is 1. The summed E-state index contributed by atoms with van der Waals surface area (Å²) >= 11 is 0. The summed E-state index contributed by atoms with van der Waals surface area (Å²) in [5.74, 6) is -4.42. The van der Waals surface area contributed by atoms with E-state index in [1.165, 1.54) is 30.3 Å². The van der Waals surface area contributed by atoms with Gasteiger partial charge in [-0.25, -0.2) is 12.8 Å². The zero-order valence-electron chi connectivity index (χ0n) is 12.9. The minimum absolute atomic E-state index is 0.0267. The number of hydrogen-bond acceptors (Lipinski definition) is 4. The van der Waals surface area contributed by atoms with Crippen LogP contribution >= 0.6 is 0 Å². The zero-order valence-corrected chi connectivity index (χ0v) is 13.7. The molecule has 0 unspecified atom stereocenters. The fourth-order valence-electron chi connectivity index (χ4n) is 2.03. The van der Waals surface area contributed by atoms with Crippen molar-refractivity contribution >= 4 is 21.4 Å². The molecular weight excluding hydrogens is 357 g/mol. The van der Waals surface area contributed by atoms with Crippen molar-refractivity contribution in [1.29, 1.82) is 0 Å². The van der Waals surface area contributed by atoms with Crippen LogP contribution in [0.5, 0.6) is 0 Å². The molecule has 134 valence electrons. The molecule has 0 aliphatic carbocycles. The summed E-state index contributed by atoms with van der Waals surface area (Å²) in [7, 11) is -4.73. The van der Waals surface area contributed by atoms with Gasteiger partial charge in [0.05, 0.1) is 10.6 Å². The van der Waals surface area contributed by atoms with E-state index in [2.05, 4.69) is 10.6 Å². The van der Waals surface area contributed by atoms with E-state index in [-0.39, 0.29) is 24.3 Å². The van der Waals surface area contributed by atoms with Gasteiger partial charge in [-0.15, -0.1) is 0 Å². The molecule has 0 aliphatic rings. The Kier molecular flexibility index (Phi) is 6.02. The molecule has 0 aliphatic heterocycles. The maximum absolute atomic E-state index is 12.8. The van der Waals surface area contributed by atoms with Crippen LogP contribution in [0.4, 0.5) is 18.9 Å². The van der Waals surface area contributed by atoms with Crippen molar-refractivity contribution in [1.82, 2.24) is 5.32 Å². The summed E-state index contributed by atoms with van der Waals surface area (Å²) in [6.45, 7) is 0.224. The molecule has 9 heteroatoms. The number of benzene rings is 2. The van der Waals surface area contributed by atoms with Gasteiger partial charge in [0.25, 0.3) is 5.91 Å². The van der Waals surface area contributed by atoms with Crippen LogP contribution in [0.2, 0.25) is 0 Å². The van der Waals surface area contributed by atoms with Gasteiger partial charge in [-0.1, -0.05) is 12.1 Å². The Morgan fingerprint density at radius 3 is 2.28 bits per heavy atom. The summed E-state index contributed by atoms with van der Waals surface area (Å²) in [4.78, 5) is 11.3. The normalized spacial score (nSPS) is 11.4. The fourth-order valence-corrected chi connectivity index (χ4v) is 2.94. The van der Waals surface area contributed by atoms with Crippen LogP contribution in [0, 0.1) is 5.82 Å². The highest BCUT2D eigenvalue weighted by Gasteiger charge is 2.28. The lowest BCUT2D eigenvalue weighted by molar-refractivity contribution is 0.0955. The molecule has 0 saturated heterocycles. The first-order valence-corrected chi connectivity index (χ1v) is 8.75. The van der Waals surface area contributed by atoms with E-state index in [4.69, 9.17) is 0 Å². The van der Waals surface area contributed by atoms with Crippen molar-refractivity contribution in [2.75, 3.05) is 18.4 Å². The number of para-hydroxylation sites is 1. The Labute approximate surface area is 142 Å². The van der Waals surface area contributed by atoms with Gasteiger partial charge in [0.15, 0.2) is 0 Å². The van der Waals surface area contributed by atoms with Crippen molar-refractivity contribution in [3.8, 4) is 0 Å². The Balaban J connectivity index is 1.95. The first kappa shape index (κ1) is 18.8. The van der Waals surface area contributed by atoms with E-state index < -0.39 is 32.2 Å². The molecular formula is C16H15F3N2O3S. The molecule has 25 heavy (non-hydrogen) atoms. The average Bonchev–Trinajstić information content (AvgIpc) is 2.59. The average molecular weight is 372 g/mol. The molecule has 2 rings (SSSR count). The number of halogens is 3. The molecule has 1 amide bonds. The summed E-state index contributed by atoms with van der Waals surface area (Å²) < 4.78 is 61.4. The van der Waals surface area contributed by atoms with Crippen LogP contribution in [0.3, 0.4) is 0 Å². The molecule has 0 atom stereocenters. The molecule has 2 N–H and O–H groups in total. The lowest BCUT2D eigenvalue weighted by Crippen LogP contribution is -2.29. The van der Waals surface area contributed by atoms with Gasteiger partial charge in [-0.2, -0.15) is 8.78 Å². The van der Waals surface area contributed by atoms with Crippen LogP contribution in [-0.4, -0.2) is 33.2 Å². The third-order valence-corrected chi connectivity index (χ3v) is 4.70. The topological polar surface area (TPSA) is 75.3 Å². The molecule has 0 fully saturated rings. The minimum Gasteiger partial charge on any atom is -0.382 e. The number of nitrogens with one attached hydrogen (secondary N) is 2. The number of sulfone groups is 1. The zero-order chi connectivity index (χ0) is 18.4. The van der Waals surface area contributed by atoms with Gasteiger partial charge < -0.3 is 10.6 Å². The number of rotatable bonds is 7. The molecule has 0 saturated carbocycles. The van der Waals surface area contributed by atoms with Crippen molar-refractivity contribution in [3.05, 3.63) is 59.9 Å². The molecule has 0 radical (unpaired) electrons. The highest BCUT2D eigenvalue weighted by Crippen LogP contribution is 2.25. The van der Waals surface area contributed by atoms with Gasteiger partial charge in [-0.3, -0.25) is 4.79 Å². The smallest absolute Gasteiger partial charge is 0.341 e. The quantitative estimate of drug-likeness (QED) is 0.733. The number of hydrogen-bond donors (Lipinski definition) is 2. The molecule has 0 heterocycles. The molecule has 0 aromatic heterocycles. The molecule has 5 nitrogen and oxygen atoms in total. The number of amides is 1. The van der Waals surface area contributed by atoms with Crippen LogP contribution in [-0.2, 0) is 9.84 Å². The maximum Gasteiger partial charge on any atom is 0.341 e. The van der Waals surface area contributed by atoms with E-state index in [1.807, 2.05) is 0 Å². The Hall–Kier alpha value is -2.55. The number of carbonyl (C=O) groups is 1. The van der Waals surface area contributed by atoms with Crippen LogP contribution in [0.25, 0.3) is 0 Å². The van der Waals surface area contributed by atoms with Gasteiger partial charge in [0, 0.05) is 18.7 Å². The first-order chi connectivity index (χ1) is 11.8. The number of alkyl halides is 2. The highest BCUT2D eigenvalue weighted by atomic mass is 32.2. The third kappa shape index (κ3) is 4.72. The summed E-state index contributed by atoms with van der Waals surface area (Å²) in [6.07, 6.45) is 0. The van der Waals surface area contributed by atoms with Crippen LogP contribution in [0.1, 0.15) is 10.4 Å². The summed E-state index contributed by atoms with van der Waals surface area (Å²) in [5, 5.41) is 5.25. The highest BCUT2D eigenvalue weighted by molar-refractivity contribution is 7.91. The summed E-state index contributed by atoms with van der Waals surface area (Å²) in [6, 6.07) is 10.2. The second-order valence-corrected chi connectivity index (χ2v) is 6.88. The first-order valence-electron chi connectivity index (χ1n) is 7.21. The predicted octanol–water partition coefficient (Wildman–Crippen LogP) is 2.66. The minimum atomic E-state index is -4.73. The lowest BCUT2D eigenvalue weighted by atomic mass is 10.2. The monoisotopic (exact) mass is 372 g/mol. The Bertz CT molecular complexity index is 840. The van der Waals surface area contributed by atoms with E-state index in [0.29, 0.717) is 0 Å². The Morgan fingerprint density at radius 1 is 1.00 bits per heavy atom. The van der Waals surface area contributed by atoms with Gasteiger partial charge in [-0.05, 0) is 36.4 Å². The van der Waals surface area contributed by atoms with E-state index in [1.54, 1.807) is 0 Å². The summed E-state index contributed by atoms with van der Waals surface area (Å²) in [5.41, 5.74) is 0.293. The SMILES string of the molecule is O=C(NCCNc1ccccc1S(=O)(=O)C(F)F)c1ccc(F)cc1. The standard InChI is InChI=1S/C16H15F3N2O3S/c17-12-7-5-11(6-8-12)15(22)21-10-9-20-13-3-1-2-4-14(13)25(23,24)16(18)19/h1-8,16,20H,9-10H2,(H,21,22). The van der Waals surface area contributed by atoms with E-state index >= 15 is 0 Å². The molecule has 0 bridgehead atoms. The predicted molar refractivity (Wildman–Crippen MR) is 86.9 cm³/mol. The van der Waals surface area contributed by atoms with Crippen LogP contribution < -0.4 is 10.6 Å². The van der Waals surface area contributed by atoms with Crippen LogP contribution in [0.15, 0.2) is 53.4 Å². The maximum atomic E-state index is 12.8. The Morgan fingerprint density at radius 2 is 1.64 bits per heavy atom. The van der Waals surface area contributed by atoms with Crippen molar-refractivity contribution in [2.24, 2.45) is 0 Å². The van der Waals surface area contributed by atoms with Gasteiger partial charge >= 0.3 is 5.76 Å². The van der Waals surface area contributed by atoms with Crippen molar-refractivity contribution in [3.63, 3.8) is 0 Å². The molecule has 2 aromatic carbocycles. The lowest BCUT2D eigenvalue weighted by Gasteiger charge is -2.12. The third-order valence-electron chi connectivity index (χ3n) is 3.26. The largest absolute Gasteiger partial charge is 0.382 e. The van der Waals surface area contributed by atoms with Gasteiger partial charge in [0.1, 0.15) is 5.82 Å². The fraction of sp³-hybridized carbons (Fsp3) is 0.188. The molecule has 0 spiro atoms. The van der Waals surface area contributed by atoms with Crippen molar-refractivity contribution < 1.29 is 26.4 Å². The number of anilines is 1. The van der Waals surface area contributed by atoms with E-state index in [9.17, 15) is 26.4 Å². The second-order valence-electron chi connectivity index (χ2n) is 4.99. The van der Waals surface area contributed by atoms with Crippen molar-refractivity contribution in [2.45, 2.75) is 10.7 Å². The molecule has 2 aromatic rings. The van der Waals surface area contributed by atoms with E-state index in [0.717, 1.165) is 18.2 Å². The second kappa shape index (κ2) is 8.02.